The predicted octanol–water partition coefficient (Wildman–Crippen LogP) is 4.03. The van der Waals surface area contributed by atoms with Crippen LogP contribution in [0.15, 0.2) is 24.3 Å². The van der Waals surface area contributed by atoms with Crippen molar-refractivity contribution in [2.75, 3.05) is 5.33 Å². The van der Waals surface area contributed by atoms with Crippen molar-refractivity contribution in [2.24, 2.45) is 5.92 Å². The van der Waals surface area contributed by atoms with E-state index in [2.05, 4.69) is 53.3 Å². The molecule has 1 aromatic rings. The second kappa shape index (κ2) is 7.26. The summed E-state index contributed by atoms with van der Waals surface area (Å²) in [5.74, 6) is 0.712. The number of carbonyl (C=O) groups excluding carboxylic acids is 1. The Labute approximate surface area is 130 Å². The number of nitrogens with one attached hydrogen (secondary N) is 1. The maximum absolute atomic E-state index is 12.6. The first-order valence-corrected chi connectivity index (χ1v) is 8.69. The zero-order valence-corrected chi connectivity index (χ0v) is 13.9. The summed E-state index contributed by atoms with van der Waals surface area (Å²) in [6.07, 6.45) is 4.18. The quantitative estimate of drug-likeness (QED) is 0.807. The summed E-state index contributed by atoms with van der Waals surface area (Å²) in [5.41, 5.74) is 2.58. The van der Waals surface area contributed by atoms with Crippen molar-refractivity contribution >= 4 is 21.8 Å². The number of amides is 1. The van der Waals surface area contributed by atoms with Crippen molar-refractivity contribution in [3.8, 4) is 0 Å². The van der Waals surface area contributed by atoms with Crippen LogP contribution in [0.1, 0.15) is 50.2 Å². The third-order valence-corrected chi connectivity index (χ3v) is 4.70. The molecular formula is C17H24BrNO. The van der Waals surface area contributed by atoms with E-state index in [1.54, 1.807) is 0 Å². The predicted molar refractivity (Wildman–Crippen MR) is 87.3 cm³/mol. The van der Waals surface area contributed by atoms with E-state index in [4.69, 9.17) is 0 Å². The lowest BCUT2D eigenvalue weighted by Crippen LogP contribution is -2.42. The Morgan fingerprint density at radius 2 is 2.15 bits per heavy atom. The number of carbonyl (C=O) groups is 1. The molecule has 1 amide bonds. The van der Waals surface area contributed by atoms with Crippen LogP contribution in [0.2, 0.25) is 0 Å². The van der Waals surface area contributed by atoms with Crippen LogP contribution in [0.25, 0.3) is 0 Å². The van der Waals surface area contributed by atoms with E-state index in [0.29, 0.717) is 5.92 Å². The Morgan fingerprint density at radius 1 is 1.40 bits per heavy atom. The molecule has 1 aromatic carbocycles. The minimum Gasteiger partial charge on any atom is -0.353 e. The average Bonchev–Trinajstić information content (AvgIpc) is 2.46. The highest BCUT2D eigenvalue weighted by Crippen LogP contribution is 2.31. The molecule has 0 aliphatic heterocycles. The minimum absolute atomic E-state index is 0.0384. The van der Waals surface area contributed by atoms with Crippen molar-refractivity contribution in [1.82, 2.24) is 5.32 Å². The number of benzene rings is 1. The molecule has 0 saturated carbocycles. The van der Waals surface area contributed by atoms with Gasteiger partial charge in [-0.3, -0.25) is 4.79 Å². The van der Waals surface area contributed by atoms with Gasteiger partial charge in [-0.05, 0) is 42.7 Å². The molecule has 0 spiro atoms. The van der Waals surface area contributed by atoms with Crippen molar-refractivity contribution in [2.45, 2.75) is 51.5 Å². The average molecular weight is 338 g/mol. The fourth-order valence-corrected chi connectivity index (χ4v) is 3.49. The lowest BCUT2D eigenvalue weighted by atomic mass is 9.82. The van der Waals surface area contributed by atoms with Crippen LogP contribution in [0.5, 0.6) is 0 Å². The van der Waals surface area contributed by atoms with E-state index in [-0.39, 0.29) is 17.9 Å². The molecule has 2 atom stereocenters. The van der Waals surface area contributed by atoms with Crippen LogP contribution in [-0.4, -0.2) is 17.3 Å². The molecule has 1 aliphatic rings. The van der Waals surface area contributed by atoms with E-state index >= 15 is 0 Å². The van der Waals surface area contributed by atoms with E-state index in [1.807, 2.05) is 6.07 Å². The summed E-state index contributed by atoms with van der Waals surface area (Å²) >= 11 is 3.48. The molecule has 0 aromatic heterocycles. The fourth-order valence-electron chi connectivity index (χ4n) is 3.00. The van der Waals surface area contributed by atoms with Gasteiger partial charge in [-0.1, -0.05) is 54.0 Å². The van der Waals surface area contributed by atoms with E-state index in [9.17, 15) is 4.79 Å². The van der Waals surface area contributed by atoms with Crippen LogP contribution < -0.4 is 5.32 Å². The number of fused-ring (bicyclic) bond motifs is 1. The summed E-state index contributed by atoms with van der Waals surface area (Å²) in [4.78, 5) is 12.6. The number of rotatable bonds is 5. The highest BCUT2D eigenvalue weighted by Gasteiger charge is 2.28. The van der Waals surface area contributed by atoms with Crippen LogP contribution >= 0.6 is 15.9 Å². The molecule has 0 fully saturated rings. The maximum Gasteiger partial charge on any atom is 0.227 e. The van der Waals surface area contributed by atoms with Gasteiger partial charge in [0.1, 0.15) is 0 Å². The number of alkyl halides is 1. The minimum atomic E-state index is 0.0384. The Bertz CT molecular complexity index is 458. The fraction of sp³-hybridized carbons (Fsp3) is 0.588. The summed E-state index contributed by atoms with van der Waals surface area (Å²) in [6.45, 7) is 4.34. The lowest BCUT2D eigenvalue weighted by molar-refractivity contribution is -0.123. The second-order valence-electron chi connectivity index (χ2n) is 5.98. The third-order valence-electron chi connectivity index (χ3n) is 4.24. The van der Waals surface area contributed by atoms with Gasteiger partial charge in [0, 0.05) is 11.4 Å². The van der Waals surface area contributed by atoms with Crippen LogP contribution in [0, 0.1) is 5.92 Å². The molecule has 0 radical (unpaired) electrons. The number of aryl methyl sites for hydroxylation is 1. The number of halogens is 1. The monoisotopic (exact) mass is 337 g/mol. The van der Waals surface area contributed by atoms with E-state index < -0.39 is 0 Å². The standard InChI is InChI=1S/C17H24BrNO/c1-12(2)16(10-11-18)19-17(20)15-9-5-7-13-6-3-4-8-14(13)15/h3-4,6,8,12,15-16H,5,7,9-11H2,1-2H3,(H,19,20). The highest BCUT2D eigenvalue weighted by atomic mass is 79.9. The molecule has 1 aliphatic carbocycles. The van der Waals surface area contributed by atoms with E-state index in [1.165, 1.54) is 11.1 Å². The van der Waals surface area contributed by atoms with Crippen molar-refractivity contribution in [3.05, 3.63) is 35.4 Å². The zero-order valence-electron chi connectivity index (χ0n) is 12.4. The topological polar surface area (TPSA) is 29.1 Å². The first kappa shape index (κ1) is 15.6. The number of hydrogen-bond acceptors (Lipinski definition) is 1. The highest BCUT2D eigenvalue weighted by molar-refractivity contribution is 9.09. The Morgan fingerprint density at radius 3 is 2.85 bits per heavy atom. The van der Waals surface area contributed by atoms with Gasteiger partial charge in [0.05, 0.1) is 5.92 Å². The van der Waals surface area contributed by atoms with Gasteiger partial charge < -0.3 is 5.32 Å². The van der Waals surface area contributed by atoms with Gasteiger partial charge in [-0.2, -0.15) is 0 Å². The molecular weight excluding hydrogens is 314 g/mol. The van der Waals surface area contributed by atoms with Gasteiger partial charge in [0.15, 0.2) is 0 Å². The Kier molecular flexibility index (Phi) is 5.64. The summed E-state index contributed by atoms with van der Waals surface area (Å²) in [5, 5.41) is 4.19. The maximum atomic E-state index is 12.6. The summed E-state index contributed by atoms with van der Waals surface area (Å²) < 4.78 is 0. The Hall–Kier alpha value is -0.830. The largest absolute Gasteiger partial charge is 0.353 e. The third kappa shape index (κ3) is 3.63. The smallest absolute Gasteiger partial charge is 0.227 e. The first-order valence-electron chi connectivity index (χ1n) is 7.57. The molecule has 2 unspecified atom stereocenters. The van der Waals surface area contributed by atoms with Gasteiger partial charge >= 0.3 is 0 Å². The van der Waals surface area contributed by atoms with Crippen LogP contribution in [0.3, 0.4) is 0 Å². The molecule has 0 bridgehead atoms. The molecule has 0 heterocycles. The molecule has 0 saturated heterocycles. The Balaban J connectivity index is 2.10. The summed E-state index contributed by atoms with van der Waals surface area (Å²) in [6, 6.07) is 8.65. The van der Waals surface area contributed by atoms with Gasteiger partial charge in [0.2, 0.25) is 5.91 Å². The first-order chi connectivity index (χ1) is 9.63. The second-order valence-corrected chi connectivity index (χ2v) is 6.77. The normalized spacial score (nSPS) is 19.5. The van der Waals surface area contributed by atoms with Crippen molar-refractivity contribution in [1.29, 1.82) is 0 Å². The molecule has 2 rings (SSSR count). The number of hydrogen-bond donors (Lipinski definition) is 1. The van der Waals surface area contributed by atoms with Crippen molar-refractivity contribution in [3.63, 3.8) is 0 Å². The zero-order chi connectivity index (χ0) is 14.5. The van der Waals surface area contributed by atoms with Crippen molar-refractivity contribution < 1.29 is 4.79 Å². The van der Waals surface area contributed by atoms with Gasteiger partial charge in [-0.15, -0.1) is 0 Å². The van der Waals surface area contributed by atoms with Crippen LogP contribution in [0.4, 0.5) is 0 Å². The molecule has 110 valence electrons. The van der Waals surface area contributed by atoms with Crippen LogP contribution in [-0.2, 0) is 11.2 Å². The molecule has 20 heavy (non-hydrogen) atoms. The molecule has 1 N–H and O–H groups in total. The van der Waals surface area contributed by atoms with E-state index in [0.717, 1.165) is 31.0 Å². The SMILES string of the molecule is CC(C)C(CCBr)NC(=O)C1CCCc2ccccc21. The lowest BCUT2D eigenvalue weighted by Gasteiger charge is -2.28. The van der Waals surface area contributed by atoms with Gasteiger partial charge in [0.25, 0.3) is 0 Å². The molecule has 2 nitrogen and oxygen atoms in total. The summed E-state index contributed by atoms with van der Waals surface area (Å²) in [7, 11) is 0. The molecule has 3 heteroatoms. The van der Waals surface area contributed by atoms with Gasteiger partial charge in [-0.25, -0.2) is 0 Å².